The molecule has 0 radical (unpaired) electrons. The van der Waals surface area contributed by atoms with Gasteiger partial charge in [-0.1, -0.05) is 0 Å². The second-order valence-corrected chi connectivity index (χ2v) is 9.20. The van der Waals surface area contributed by atoms with Gasteiger partial charge < -0.3 is 10.2 Å². The molecule has 1 aliphatic heterocycles. The maximum Gasteiger partial charge on any atom is 0.224 e. The van der Waals surface area contributed by atoms with Gasteiger partial charge >= 0.3 is 0 Å². The lowest BCUT2D eigenvalue weighted by Gasteiger charge is -2.31. The molecule has 0 atom stereocenters. The SMILES string of the molecule is Cc1ccn(CCC(=O)N2CCC(CC(=O)Nc3ccc4nc(C)sc4c3)CC2)n1. The average Bonchev–Trinajstić information content (AvgIpc) is 3.30. The topological polar surface area (TPSA) is 80.1 Å². The largest absolute Gasteiger partial charge is 0.343 e. The van der Waals surface area contributed by atoms with Crippen LogP contribution in [0, 0.1) is 19.8 Å². The maximum atomic E-state index is 12.5. The molecule has 1 N–H and O–H groups in total. The fourth-order valence-electron chi connectivity index (χ4n) is 3.93. The molecule has 30 heavy (non-hydrogen) atoms. The summed E-state index contributed by atoms with van der Waals surface area (Å²) in [5, 5.41) is 8.36. The summed E-state index contributed by atoms with van der Waals surface area (Å²) < 4.78 is 2.90. The normalized spacial score (nSPS) is 14.9. The first kappa shape index (κ1) is 20.5. The highest BCUT2D eigenvalue weighted by Crippen LogP contribution is 2.26. The number of carbonyl (C=O) groups is 2. The van der Waals surface area contributed by atoms with E-state index in [0.717, 1.165) is 52.5 Å². The van der Waals surface area contributed by atoms with E-state index in [-0.39, 0.29) is 11.8 Å². The van der Waals surface area contributed by atoms with Gasteiger partial charge in [0.25, 0.3) is 0 Å². The average molecular weight is 426 g/mol. The van der Waals surface area contributed by atoms with E-state index in [1.807, 2.05) is 53.9 Å². The number of hydrogen-bond acceptors (Lipinski definition) is 5. The standard InChI is InChI=1S/C22H27N5O2S/c1-15-5-11-27(25-15)12-8-22(29)26-9-6-17(7-10-26)13-21(28)24-18-3-4-19-20(14-18)30-16(2)23-19/h3-5,11,14,17H,6-10,12-13H2,1-2H3,(H,24,28). The Bertz CT molecular complexity index is 1050. The molecule has 158 valence electrons. The van der Waals surface area contributed by atoms with Crippen LogP contribution in [-0.4, -0.2) is 44.6 Å². The lowest BCUT2D eigenvalue weighted by atomic mass is 9.93. The molecule has 0 aliphatic carbocycles. The van der Waals surface area contributed by atoms with Gasteiger partial charge in [0.15, 0.2) is 0 Å². The van der Waals surface area contributed by atoms with Gasteiger partial charge in [0, 0.05) is 44.4 Å². The number of piperidine rings is 1. The summed E-state index contributed by atoms with van der Waals surface area (Å²) in [6.45, 7) is 5.98. The maximum absolute atomic E-state index is 12.5. The van der Waals surface area contributed by atoms with Crippen LogP contribution in [0.2, 0.25) is 0 Å². The van der Waals surface area contributed by atoms with E-state index >= 15 is 0 Å². The van der Waals surface area contributed by atoms with Gasteiger partial charge in [0.2, 0.25) is 11.8 Å². The van der Waals surface area contributed by atoms with Gasteiger partial charge in [0.05, 0.1) is 20.9 Å². The first-order chi connectivity index (χ1) is 14.5. The van der Waals surface area contributed by atoms with E-state index < -0.39 is 0 Å². The summed E-state index contributed by atoms with van der Waals surface area (Å²) in [5.41, 5.74) is 2.75. The Morgan fingerprint density at radius 1 is 1.20 bits per heavy atom. The molecule has 7 nitrogen and oxygen atoms in total. The van der Waals surface area contributed by atoms with Crippen LogP contribution in [0.1, 0.15) is 36.4 Å². The zero-order valence-corrected chi connectivity index (χ0v) is 18.2. The molecule has 0 spiro atoms. The van der Waals surface area contributed by atoms with Crippen LogP contribution in [0.25, 0.3) is 10.2 Å². The number of amides is 2. The van der Waals surface area contributed by atoms with Crippen molar-refractivity contribution in [2.45, 2.75) is 46.1 Å². The molecule has 3 heterocycles. The van der Waals surface area contributed by atoms with Crippen molar-refractivity contribution < 1.29 is 9.59 Å². The minimum Gasteiger partial charge on any atom is -0.343 e. The number of nitrogens with one attached hydrogen (secondary N) is 1. The highest BCUT2D eigenvalue weighted by molar-refractivity contribution is 7.18. The van der Waals surface area contributed by atoms with Crippen molar-refractivity contribution in [2.24, 2.45) is 5.92 Å². The number of rotatable bonds is 6. The quantitative estimate of drug-likeness (QED) is 0.652. The monoisotopic (exact) mass is 425 g/mol. The van der Waals surface area contributed by atoms with Crippen LogP contribution in [-0.2, 0) is 16.1 Å². The lowest BCUT2D eigenvalue weighted by Crippen LogP contribution is -2.39. The molecule has 8 heteroatoms. The van der Waals surface area contributed by atoms with Crippen LogP contribution in [0.5, 0.6) is 0 Å². The molecule has 3 aromatic rings. The summed E-state index contributed by atoms with van der Waals surface area (Å²) in [5.74, 6) is 0.519. The van der Waals surface area contributed by atoms with Gasteiger partial charge in [0.1, 0.15) is 0 Å². The van der Waals surface area contributed by atoms with Crippen LogP contribution in [0.3, 0.4) is 0 Å². The van der Waals surface area contributed by atoms with Gasteiger partial charge in [-0.3, -0.25) is 14.3 Å². The molecule has 0 bridgehead atoms. The number of nitrogens with zero attached hydrogens (tertiary/aromatic N) is 4. The Morgan fingerprint density at radius 2 is 2.00 bits per heavy atom. The number of thiazole rings is 1. The molecular formula is C22H27N5O2S. The summed E-state index contributed by atoms with van der Waals surface area (Å²) in [4.78, 5) is 31.3. The molecule has 0 unspecified atom stereocenters. The van der Waals surface area contributed by atoms with Gasteiger partial charge in [-0.25, -0.2) is 4.98 Å². The Labute approximate surface area is 180 Å². The third-order valence-electron chi connectivity index (χ3n) is 5.55. The Kier molecular flexibility index (Phi) is 6.13. The van der Waals surface area contributed by atoms with E-state index in [9.17, 15) is 9.59 Å². The first-order valence-electron chi connectivity index (χ1n) is 10.4. The highest BCUT2D eigenvalue weighted by atomic mass is 32.1. The van der Waals surface area contributed by atoms with Crippen LogP contribution in [0.15, 0.2) is 30.5 Å². The molecule has 1 saturated heterocycles. The number of anilines is 1. The van der Waals surface area contributed by atoms with Crippen molar-refractivity contribution in [1.29, 1.82) is 0 Å². The fourth-order valence-corrected chi connectivity index (χ4v) is 4.80. The second kappa shape index (κ2) is 8.95. The van der Waals surface area contributed by atoms with Crippen molar-refractivity contribution in [1.82, 2.24) is 19.7 Å². The number of hydrogen-bond donors (Lipinski definition) is 1. The predicted molar refractivity (Wildman–Crippen MR) is 118 cm³/mol. The van der Waals surface area contributed by atoms with Crippen LogP contribution in [0.4, 0.5) is 5.69 Å². The number of carbonyl (C=O) groups excluding carboxylic acids is 2. The zero-order chi connectivity index (χ0) is 21.1. The number of aromatic nitrogens is 3. The van der Waals surface area contributed by atoms with Gasteiger partial charge in [-0.15, -0.1) is 11.3 Å². The van der Waals surface area contributed by atoms with E-state index in [4.69, 9.17) is 0 Å². The Balaban J connectivity index is 1.21. The summed E-state index contributed by atoms with van der Waals surface area (Å²) >= 11 is 1.63. The number of likely N-dealkylation sites (tertiary alicyclic amines) is 1. The second-order valence-electron chi connectivity index (χ2n) is 7.96. The molecule has 1 aromatic carbocycles. The molecule has 2 aromatic heterocycles. The highest BCUT2D eigenvalue weighted by Gasteiger charge is 2.24. The molecular weight excluding hydrogens is 398 g/mol. The molecule has 4 rings (SSSR count). The number of benzene rings is 1. The predicted octanol–water partition coefficient (Wildman–Crippen LogP) is 3.77. The van der Waals surface area contributed by atoms with Gasteiger partial charge in [-0.05, 0) is 56.9 Å². The van der Waals surface area contributed by atoms with Crippen LogP contribution < -0.4 is 5.32 Å². The summed E-state index contributed by atoms with van der Waals surface area (Å²) in [7, 11) is 0. The van der Waals surface area contributed by atoms with Crippen molar-refractivity contribution in [3.8, 4) is 0 Å². The zero-order valence-electron chi connectivity index (χ0n) is 17.4. The van der Waals surface area contributed by atoms with E-state index in [1.54, 1.807) is 11.3 Å². The van der Waals surface area contributed by atoms with Crippen molar-refractivity contribution in [2.75, 3.05) is 18.4 Å². The molecule has 0 saturated carbocycles. The van der Waals surface area contributed by atoms with Crippen LogP contribution >= 0.6 is 11.3 Å². The van der Waals surface area contributed by atoms with E-state index in [1.165, 1.54) is 0 Å². The van der Waals surface area contributed by atoms with Crippen molar-refractivity contribution in [3.63, 3.8) is 0 Å². The van der Waals surface area contributed by atoms with Crippen molar-refractivity contribution in [3.05, 3.63) is 41.2 Å². The summed E-state index contributed by atoms with van der Waals surface area (Å²) in [6.07, 6.45) is 4.60. The lowest BCUT2D eigenvalue weighted by molar-refractivity contribution is -0.132. The Morgan fingerprint density at radius 3 is 2.73 bits per heavy atom. The number of aryl methyl sites for hydroxylation is 3. The third-order valence-corrected chi connectivity index (χ3v) is 6.48. The van der Waals surface area contributed by atoms with E-state index in [0.29, 0.717) is 25.3 Å². The number of fused-ring (bicyclic) bond motifs is 1. The minimum atomic E-state index is 0.0365. The molecule has 2 amide bonds. The fraction of sp³-hybridized carbons (Fsp3) is 0.455. The molecule has 1 aliphatic rings. The summed E-state index contributed by atoms with van der Waals surface area (Å²) in [6, 6.07) is 7.78. The van der Waals surface area contributed by atoms with Gasteiger partial charge in [-0.2, -0.15) is 5.10 Å². The first-order valence-corrected chi connectivity index (χ1v) is 11.2. The smallest absolute Gasteiger partial charge is 0.224 e. The molecule has 1 fully saturated rings. The van der Waals surface area contributed by atoms with Crippen molar-refractivity contribution >= 4 is 39.1 Å². The van der Waals surface area contributed by atoms with E-state index in [2.05, 4.69) is 15.4 Å². The third kappa shape index (κ3) is 5.05. The minimum absolute atomic E-state index is 0.0365. The Hall–Kier alpha value is -2.74.